The first-order chi connectivity index (χ1) is 11.7. The molecule has 24 heavy (non-hydrogen) atoms. The van der Waals surface area contributed by atoms with Gasteiger partial charge in [0, 0.05) is 12.1 Å². The molecule has 0 bridgehead atoms. The number of fused-ring (bicyclic) bond motifs is 1. The summed E-state index contributed by atoms with van der Waals surface area (Å²) in [6, 6.07) is 10.1. The van der Waals surface area contributed by atoms with Crippen LogP contribution in [0.2, 0.25) is 0 Å². The highest BCUT2D eigenvalue weighted by Crippen LogP contribution is 2.42. The number of nitrogens with one attached hydrogen (secondary N) is 1. The van der Waals surface area contributed by atoms with Crippen LogP contribution in [0.1, 0.15) is 22.7 Å². The molecule has 0 fully saturated rings. The first-order valence-electron chi connectivity index (χ1n) is 7.92. The fraction of sp³-hybridized carbons (Fsp3) is 0.368. The average Bonchev–Trinajstić information content (AvgIpc) is 2.65. The Morgan fingerprint density at radius 1 is 0.833 bits per heavy atom. The van der Waals surface area contributed by atoms with Crippen LogP contribution < -0.4 is 24.3 Å². The van der Waals surface area contributed by atoms with Crippen molar-refractivity contribution in [2.24, 2.45) is 0 Å². The zero-order chi connectivity index (χ0) is 17.1. The summed E-state index contributed by atoms with van der Waals surface area (Å²) in [5.41, 5.74) is 3.47. The summed E-state index contributed by atoms with van der Waals surface area (Å²) < 4.78 is 22.0. The zero-order valence-electron chi connectivity index (χ0n) is 14.5. The third-order valence-corrected chi connectivity index (χ3v) is 4.44. The molecule has 1 heterocycles. The second kappa shape index (κ2) is 7.01. The van der Waals surface area contributed by atoms with Gasteiger partial charge in [-0.15, -0.1) is 0 Å². The molecule has 0 unspecified atom stereocenters. The SMILES string of the molecule is COc1cc2c(cc1OC)[C@@H](c1cccc(OC)c1OC)NCC2. The Morgan fingerprint density at radius 2 is 1.54 bits per heavy atom. The number of benzene rings is 2. The summed E-state index contributed by atoms with van der Waals surface area (Å²) >= 11 is 0. The molecule has 3 rings (SSSR count). The Morgan fingerprint density at radius 3 is 2.21 bits per heavy atom. The van der Waals surface area contributed by atoms with Gasteiger partial charge in [0.25, 0.3) is 0 Å². The van der Waals surface area contributed by atoms with Gasteiger partial charge < -0.3 is 24.3 Å². The molecule has 5 nitrogen and oxygen atoms in total. The topological polar surface area (TPSA) is 49.0 Å². The van der Waals surface area contributed by atoms with E-state index in [9.17, 15) is 0 Å². The van der Waals surface area contributed by atoms with Crippen molar-refractivity contribution in [3.8, 4) is 23.0 Å². The van der Waals surface area contributed by atoms with E-state index < -0.39 is 0 Å². The molecule has 1 N–H and O–H groups in total. The van der Waals surface area contributed by atoms with Gasteiger partial charge in [0.2, 0.25) is 0 Å². The molecule has 2 aromatic rings. The van der Waals surface area contributed by atoms with Crippen molar-refractivity contribution in [2.75, 3.05) is 35.0 Å². The molecule has 1 atom stereocenters. The number of hydrogen-bond donors (Lipinski definition) is 1. The van der Waals surface area contributed by atoms with Crippen LogP contribution in [0.3, 0.4) is 0 Å². The van der Waals surface area contributed by atoms with Crippen LogP contribution in [0.4, 0.5) is 0 Å². The van der Waals surface area contributed by atoms with Gasteiger partial charge in [0.05, 0.1) is 34.5 Å². The summed E-state index contributed by atoms with van der Waals surface area (Å²) in [4.78, 5) is 0. The Bertz CT molecular complexity index is 730. The summed E-state index contributed by atoms with van der Waals surface area (Å²) in [5.74, 6) is 2.96. The molecule has 1 aliphatic heterocycles. The fourth-order valence-corrected chi connectivity index (χ4v) is 3.30. The van der Waals surface area contributed by atoms with Gasteiger partial charge >= 0.3 is 0 Å². The minimum absolute atomic E-state index is 0.0126. The maximum atomic E-state index is 5.62. The summed E-state index contributed by atoms with van der Waals surface area (Å²) in [5, 5.41) is 3.57. The highest BCUT2D eigenvalue weighted by molar-refractivity contribution is 5.56. The number of ether oxygens (including phenoxy) is 4. The van der Waals surface area contributed by atoms with E-state index in [1.807, 2.05) is 18.2 Å². The lowest BCUT2D eigenvalue weighted by Gasteiger charge is -2.29. The van der Waals surface area contributed by atoms with Gasteiger partial charge in [-0.3, -0.25) is 0 Å². The van der Waals surface area contributed by atoms with E-state index in [1.165, 1.54) is 11.1 Å². The van der Waals surface area contributed by atoms with E-state index in [-0.39, 0.29) is 6.04 Å². The molecule has 0 aliphatic carbocycles. The molecule has 2 aromatic carbocycles. The third kappa shape index (κ3) is 2.76. The Kier molecular flexibility index (Phi) is 4.81. The molecule has 128 valence electrons. The second-order valence-electron chi connectivity index (χ2n) is 5.63. The third-order valence-electron chi connectivity index (χ3n) is 4.44. The summed E-state index contributed by atoms with van der Waals surface area (Å²) in [7, 11) is 6.63. The Labute approximate surface area is 142 Å². The van der Waals surface area contributed by atoms with Gasteiger partial charge in [-0.1, -0.05) is 12.1 Å². The van der Waals surface area contributed by atoms with Crippen molar-refractivity contribution < 1.29 is 18.9 Å². The maximum absolute atomic E-state index is 5.62. The molecule has 0 amide bonds. The highest BCUT2D eigenvalue weighted by atomic mass is 16.5. The van der Waals surface area contributed by atoms with E-state index in [0.717, 1.165) is 41.5 Å². The molecule has 0 aromatic heterocycles. The van der Waals surface area contributed by atoms with Crippen molar-refractivity contribution in [1.29, 1.82) is 0 Å². The lowest BCUT2D eigenvalue weighted by atomic mass is 9.88. The number of methoxy groups -OCH3 is 4. The smallest absolute Gasteiger partial charge is 0.165 e. The average molecular weight is 329 g/mol. The normalized spacial score (nSPS) is 16.2. The van der Waals surface area contributed by atoms with E-state index >= 15 is 0 Å². The van der Waals surface area contributed by atoms with Crippen LogP contribution >= 0.6 is 0 Å². The standard InChI is InChI=1S/C19H23NO4/c1-21-15-7-5-6-13(19(15)24-4)18-14-11-17(23-3)16(22-2)10-12(14)8-9-20-18/h5-7,10-11,18,20H,8-9H2,1-4H3/t18-/m1/s1. The molecule has 0 spiro atoms. The molecule has 0 radical (unpaired) electrons. The molecule has 0 saturated heterocycles. The second-order valence-corrected chi connectivity index (χ2v) is 5.63. The predicted octanol–water partition coefficient (Wildman–Crippen LogP) is 2.96. The van der Waals surface area contributed by atoms with Gasteiger partial charge in [-0.2, -0.15) is 0 Å². The largest absolute Gasteiger partial charge is 0.493 e. The van der Waals surface area contributed by atoms with Crippen LogP contribution in [-0.2, 0) is 6.42 Å². The van der Waals surface area contributed by atoms with E-state index in [1.54, 1.807) is 28.4 Å². The van der Waals surface area contributed by atoms with Crippen LogP contribution in [0.5, 0.6) is 23.0 Å². The van der Waals surface area contributed by atoms with Crippen molar-refractivity contribution in [1.82, 2.24) is 5.32 Å². The van der Waals surface area contributed by atoms with Crippen LogP contribution in [-0.4, -0.2) is 35.0 Å². The lowest BCUT2D eigenvalue weighted by Crippen LogP contribution is -2.31. The van der Waals surface area contributed by atoms with Crippen molar-refractivity contribution >= 4 is 0 Å². The van der Waals surface area contributed by atoms with Crippen molar-refractivity contribution in [2.45, 2.75) is 12.5 Å². The van der Waals surface area contributed by atoms with Crippen molar-refractivity contribution in [3.63, 3.8) is 0 Å². The number of rotatable bonds is 5. The fourth-order valence-electron chi connectivity index (χ4n) is 3.30. The zero-order valence-corrected chi connectivity index (χ0v) is 14.5. The molecule has 0 saturated carbocycles. The van der Waals surface area contributed by atoms with Crippen LogP contribution in [0, 0.1) is 0 Å². The minimum Gasteiger partial charge on any atom is -0.493 e. The van der Waals surface area contributed by atoms with Crippen LogP contribution in [0.25, 0.3) is 0 Å². The van der Waals surface area contributed by atoms with Crippen LogP contribution in [0.15, 0.2) is 30.3 Å². The quantitative estimate of drug-likeness (QED) is 0.914. The predicted molar refractivity (Wildman–Crippen MR) is 92.6 cm³/mol. The van der Waals surface area contributed by atoms with E-state index in [2.05, 4.69) is 17.4 Å². The summed E-state index contributed by atoms with van der Waals surface area (Å²) in [6.07, 6.45) is 0.943. The monoisotopic (exact) mass is 329 g/mol. The number of para-hydroxylation sites is 1. The maximum Gasteiger partial charge on any atom is 0.165 e. The van der Waals surface area contributed by atoms with Gasteiger partial charge in [-0.05, 0) is 35.7 Å². The van der Waals surface area contributed by atoms with Crippen molar-refractivity contribution in [3.05, 3.63) is 47.0 Å². The minimum atomic E-state index is 0.0126. The van der Waals surface area contributed by atoms with Gasteiger partial charge in [0.15, 0.2) is 23.0 Å². The Hall–Kier alpha value is -2.40. The molecular formula is C19H23NO4. The lowest BCUT2D eigenvalue weighted by molar-refractivity contribution is 0.346. The molecule has 5 heteroatoms. The van der Waals surface area contributed by atoms with E-state index in [0.29, 0.717) is 0 Å². The van der Waals surface area contributed by atoms with Gasteiger partial charge in [-0.25, -0.2) is 0 Å². The highest BCUT2D eigenvalue weighted by Gasteiger charge is 2.27. The Balaban J connectivity index is 2.13. The first-order valence-corrected chi connectivity index (χ1v) is 7.92. The molecule has 1 aliphatic rings. The first kappa shape index (κ1) is 16.5. The number of hydrogen-bond acceptors (Lipinski definition) is 5. The summed E-state index contributed by atoms with van der Waals surface area (Å²) in [6.45, 7) is 0.882. The van der Waals surface area contributed by atoms with E-state index in [4.69, 9.17) is 18.9 Å². The van der Waals surface area contributed by atoms with Gasteiger partial charge in [0.1, 0.15) is 0 Å². The molecular weight excluding hydrogens is 306 g/mol.